The van der Waals surface area contributed by atoms with Gasteiger partial charge in [-0.25, -0.2) is 14.6 Å². The number of ether oxygens (including phenoxy) is 4. The van der Waals surface area contributed by atoms with Gasteiger partial charge in [0.1, 0.15) is 36.2 Å². The maximum atomic E-state index is 9.68. The fraction of sp³-hybridized carbons (Fsp3) is 0.688. The van der Waals surface area contributed by atoms with Crippen LogP contribution in [0.15, 0.2) is 6.33 Å². The van der Waals surface area contributed by atoms with Crippen LogP contribution in [0.1, 0.15) is 38.8 Å². The summed E-state index contributed by atoms with van der Waals surface area (Å²) in [6, 6.07) is 0. The maximum Gasteiger partial charge on any atom is 0.181 e. The van der Waals surface area contributed by atoms with Crippen LogP contribution in [-0.4, -0.2) is 62.7 Å². The lowest BCUT2D eigenvalue weighted by atomic mass is 10.1. The van der Waals surface area contributed by atoms with Crippen molar-refractivity contribution in [3.63, 3.8) is 0 Å². The third-order valence-electron chi connectivity index (χ3n) is 4.83. The van der Waals surface area contributed by atoms with Gasteiger partial charge in [-0.1, -0.05) is 0 Å². The Bertz CT molecular complexity index is 825. The molecule has 0 saturated carbocycles. The predicted octanol–water partition coefficient (Wildman–Crippen LogP) is 0.526. The summed E-state index contributed by atoms with van der Waals surface area (Å²) in [5.74, 6) is -0.456. The molecule has 2 aliphatic heterocycles. The quantitative estimate of drug-likeness (QED) is 0.797. The number of hydrogen-bond acceptors (Lipinski definition) is 9. The lowest BCUT2D eigenvalue weighted by molar-refractivity contribution is -0.201. The summed E-state index contributed by atoms with van der Waals surface area (Å²) in [5.41, 5.74) is 7.21. The van der Waals surface area contributed by atoms with E-state index in [9.17, 15) is 5.11 Å². The van der Waals surface area contributed by atoms with Crippen LogP contribution in [0.3, 0.4) is 0 Å². The Balaban J connectivity index is 1.83. The molecule has 4 rings (SSSR count). The van der Waals surface area contributed by atoms with E-state index in [1.807, 2.05) is 20.8 Å². The highest BCUT2D eigenvalue weighted by molar-refractivity contribution is 5.88. The van der Waals surface area contributed by atoms with E-state index < -0.39 is 30.3 Å². The molecule has 0 amide bonds. The minimum atomic E-state index is -0.773. The zero-order valence-corrected chi connectivity index (χ0v) is 15.1. The molecule has 2 aromatic heterocycles. The predicted molar refractivity (Wildman–Crippen MR) is 90.0 cm³/mol. The van der Waals surface area contributed by atoms with Gasteiger partial charge >= 0.3 is 0 Å². The summed E-state index contributed by atoms with van der Waals surface area (Å²) in [6.45, 7) is 5.34. The van der Waals surface area contributed by atoms with E-state index in [4.69, 9.17) is 24.7 Å². The molecule has 3 N–H and O–H groups in total. The van der Waals surface area contributed by atoms with Crippen molar-refractivity contribution in [2.24, 2.45) is 0 Å². The van der Waals surface area contributed by atoms with Gasteiger partial charge in [-0.15, -0.1) is 0 Å². The average Bonchev–Trinajstić information content (AvgIpc) is 3.23. The van der Waals surface area contributed by atoms with Crippen molar-refractivity contribution >= 4 is 16.9 Å². The SMILES string of the molecule is COC(C)c1nn([C@@H]2O[C@H](CO)[C@H]3OC(C)(C)O[C@H]32)c2ncnc(N)c12. The van der Waals surface area contributed by atoms with E-state index in [0.717, 1.165) is 0 Å². The largest absolute Gasteiger partial charge is 0.394 e. The molecule has 2 aliphatic rings. The molecule has 26 heavy (non-hydrogen) atoms. The van der Waals surface area contributed by atoms with Gasteiger partial charge in [0.25, 0.3) is 0 Å². The zero-order chi connectivity index (χ0) is 18.6. The van der Waals surface area contributed by atoms with Gasteiger partial charge in [-0.05, 0) is 20.8 Å². The first-order chi connectivity index (χ1) is 12.4. The minimum absolute atomic E-state index is 0.186. The van der Waals surface area contributed by atoms with Crippen molar-refractivity contribution in [1.82, 2.24) is 19.7 Å². The van der Waals surface area contributed by atoms with Crippen LogP contribution >= 0.6 is 0 Å². The number of methoxy groups -OCH3 is 1. The van der Waals surface area contributed by atoms with Crippen LogP contribution < -0.4 is 5.73 Å². The van der Waals surface area contributed by atoms with Crippen LogP contribution in [-0.2, 0) is 18.9 Å². The Hall–Kier alpha value is -1.85. The average molecular weight is 365 g/mol. The van der Waals surface area contributed by atoms with Crippen molar-refractivity contribution in [2.75, 3.05) is 19.5 Å². The van der Waals surface area contributed by atoms with E-state index in [1.54, 1.807) is 11.8 Å². The lowest BCUT2D eigenvalue weighted by Gasteiger charge is -2.23. The smallest absolute Gasteiger partial charge is 0.181 e. The van der Waals surface area contributed by atoms with Crippen molar-refractivity contribution in [3.8, 4) is 0 Å². The highest BCUT2D eigenvalue weighted by Gasteiger charge is 2.56. The Labute approximate surface area is 150 Å². The molecule has 2 saturated heterocycles. The zero-order valence-electron chi connectivity index (χ0n) is 15.1. The van der Waals surface area contributed by atoms with Crippen LogP contribution in [0.2, 0.25) is 0 Å². The highest BCUT2D eigenvalue weighted by atomic mass is 16.8. The summed E-state index contributed by atoms with van der Waals surface area (Å²) in [6.07, 6.45) is -0.908. The minimum Gasteiger partial charge on any atom is -0.394 e. The lowest BCUT2D eigenvalue weighted by Crippen LogP contribution is -2.31. The molecule has 10 nitrogen and oxygen atoms in total. The molecule has 0 aromatic carbocycles. The van der Waals surface area contributed by atoms with Gasteiger partial charge in [0.05, 0.1) is 18.1 Å². The molecule has 0 aliphatic carbocycles. The third-order valence-corrected chi connectivity index (χ3v) is 4.83. The van der Waals surface area contributed by atoms with Crippen LogP contribution in [0.4, 0.5) is 5.82 Å². The molecule has 0 radical (unpaired) electrons. The number of nitrogen functional groups attached to an aromatic ring is 1. The molecule has 2 aromatic rings. The first-order valence-corrected chi connectivity index (χ1v) is 8.49. The molecule has 4 heterocycles. The number of aliphatic hydroxyl groups is 1. The summed E-state index contributed by atoms with van der Waals surface area (Å²) >= 11 is 0. The number of nitrogens with zero attached hydrogens (tertiary/aromatic N) is 4. The first-order valence-electron chi connectivity index (χ1n) is 8.49. The number of aliphatic hydroxyl groups excluding tert-OH is 1. The summed E-state index contributed by atoms with van der Waals surface area (Å²) in [5, 5.41) is 14.9. The molecule has 5 atom stereocenters. The Morgan fingerprint density at radius 3 is 2.77 bits per heavy atom. The van der Waals surface area contributed by atoms with Crippen LogP contribution in [0.5, 0.6) is 0 Å². The number of hydrogen-bond donors (Lipinski definition) is 2. The second-order valence-corrected chi connectivity index (χ2v) is 6.98. The second kappa shape index (κ2) is 6.10. The summed E-state index contributed by atoms with van der Waals surface area (Å²) in [7, 11) is 1.59. The highest BCUT2D eigenvalue weighted by Crippen LogP contribution is 2.44. The van der Waals surface area contributed by atoms with Crippen molar-refractivity contribution in [2.45, 2.75) is 57.2 Å². The maximum absolute atomic E-state index is 9.68. The van der Waals surface area contributed by atoms with Gasteiger partial charge in [-0.3, -0.25) is 0 Å². The number of nitrogens with two attached hydrogens (primary N) is 1. The molecule has 1 unspecified atom stereocenters. The summed E-state index contributed by atoms with van der Waals surface area (Å²) < 4.78 is 25.0. The molecule has 2 fully saturated rings. The van der Waals surface area contributed by atoms with E-state index in [2.05, 4.69) is 15.1 Å². The number of rotatable bonds is 4. The standard InChI is InChI=1S/C16H23N5O5/c1-7(23-4)10-9-13(17)18-6-19-14(9)21(20-10)15-12-11(8(5-22)24-15)25-16(2,3)26-12/h6-8,11-12,15,22H,5H2,1-4H3,(H2,17,18,19)/t7?,8-,11-,12-,15-/m1/s1. The van der Waals surface area contributed by atoms with E-state index in [1.165, 1.54) is 6.33 Å². The number of anilines is 1. The van der Waals surface area contributed by atoms with E-state index in [0.29, 0.717) is 22.5 Å². The van der Waals surface area contributed by atoms with Crippen molar-refractivity contribution < 1.29 is 24.1 Å². The first kappa shape index (κ1) is 17.6. The van der Waals surface area contributed by atoms with Gasteiger partial charge in [0.15, 0.2) is 17.7 Å². The molecule has 0 spiro atoms. The Morgan fingerprint density at radius 2 is 2.08 bits per heavy atom. The normalized spacial score (nSPS) is 31.4. The third kappa shape index (κ3) is 2.57. The Morgan fingerprint density at radius 1 is 1.35 bits per heavy atom. The fourth-order valence-electron chi connectivity index (χ4n) is 3.60. The van der Waals surface area contributed by atoms with Crippen molar-refractivity contribution in [3.05, 3.63) is 12.0 Å². The van der Waals surface area contributed by atoms with E-state index >= 15 is 0 Å². The summed E-state index contributed by atoms with van der Waals surface area (Å²) in [4.78, 5) is 8.41. The van der Waals surface area contributed by atoms with Gasteiger partial charge in [-0.2, -0.15) is 5.10 Å². The van der Waals surface area contributed by atoms with Gasteiger partial charge in [0.2, 0.25) is 0 Å². The van der Waals surface area contributed by atoms with Crippen LogP contribution in [0.25, 0.3) is 11.0 Å². The molecular weight excluding hydrogens is 342 g/mol. The van der Waals surface area contributed by atoms with Gasteiger partial charge in [0, 0.05) is 7.11 Å². The van der Waals surface area contributed by atoms with Crippen molar-refractivity contribution in [1.29, 1.82) is 0 Å². The van der Waals surface area contributed by atoms with Crippen LogP contribution in [0, 0.1) is 0 Å². The van der Waals surface area contributed by atoms with E-state index in [-0.39, 0.29) is 12.7 Å². The Kier molecular flexibility index (Phi) is 4.12. The van der Waals surface area contributed by atoms with Gasteiger partial charge < -0.3 is 29.8 Å². The fourth-order valence-corrected chi connectivity index (χ4v) is 3.60. The topological polar surface area (TPSA) is 127 Å². The number of aromatic nitrogens is 4. The second-order valence-electron chi connectivity index (χ2n) is 6.98. The molecule has 142 valence electrons. The number of fused-ring (bicyclic) bond motifs is 2. The molecular formula is C16H23N5O5. The molecule has 0 bridgehead atoms. The molecule has 10 heteroatoms. The monoisotopic (exact) mass is 365 g/mol.